The molecule has 0 amide bonds. The van der Waals surface area contributed by atoms with E-state index in [-0.39, 0.29) is 0 Å². The second-order valence-corrected chi connectivity index (χ2v) is 34.3. The Kier molecular flexibility index (Phi) is 6.71. The quantitative estimate of drug-likeness (QED) is 0.337. The molecule has 0 aliphatic heterocycles. The summed E-state index contributed by atoms with van der Waals surface area (Å²) in [6.45, 7) is 25.8. The van der Waals surface area contributed by atoms with E-state index in [2.05, 4.69) is 96.6 Å². The highest BCUT2D eigenvalue weighted by molar-refractivity contribution is 7.43. The van der Waals surface area contributed by atoms with Crippen molar-refractivity contribution in [2.45, 2.75) is 82.2 Å². The van der Waals surface area contributed by atoms with Crippen molar-refractivity contribution >= 4 is 47.9 Å². The average molecular weight is 415 g/mol. The van der Waals surface area contributed by atoms with E-state index >= 15 is 0 Å². The first-order valence-corrected chi connectivity index (χ1v) is 22.9. The predicted molar refractivity (Wildman–Crippen MR) is 126 cm³/mol. The summed E-state index contributed by atoms with van der Waals surface area (Å²) in [4.78, 5) is 0. The van der Waals surface area contributed by atoms with Crippen molar-refractivity contribution in [3.05, 3.63) is 30.3 Å². The number of halogens is 1. The van der Waals surface area contributed by atoms with Gasteiger partial charge in [-0.2, -0.15) is 11.1 Å². The molecule has 0 N–H and O–H groups in total. The minimum Gasteiger partial charge on any atom is -0.167 e. The third kappa shape index (κ3) is 3.22. The van der Waals surface area contributed by atoms with Gasteiger partial charge in [-0.3, -0.25) is 0 Å². The highest BCUT2D eigenvalue weighted by Gasteiger charge is 2.70. The molecule has 0 radical (unpaired) electrons. The molecular formula is C19H39ClSi4. The van der Waals surface area contributed by atoms with E-state index in [1.807, 2.05) is 0 Å². The summed E-state index contributed by atoms with van der Waals surface area (Å²) in [5, 5.41) is 1.62. The Morgan fingerprint density at radius 3 is 1.42 bits per heavy atom. The molecule has 0 fully saturated rings. The van der Waals surface area contributed by atoms with Crippen LogP contribution in [0.3, 0.4) is 0 Å². The highest BCUT2D eigenvalue weighted by Crippen LogP contribution is 2.62. The molecule has 5 heteroatoms. The van der Waals surface area contributed by atoms with Crippen molar-refractivity contribution in [2.24, 2.45) is 0 Å². The molecule has 1 aromatic rings. The van der Waals surface area contributed by atoms with Crippen molar-refractivity contribution in [3.8, 4) is 0 Å². The van der Waals surface area contributed by atoms with Crippen LogP contribution in [0.25, 0.3) is 0 Å². The fourth-order valence-corrected chi connectivity index (χ4v) is 60.7. The molecule has 0 saturated heterocycles. The minimum atomic E-state index is -1.91. The standard InChI is InChI=1S/C19H39ClSi4/c1-11-24(20,12-2)19(21(3,4)5,22(6,7)8)23(9,10)18-16-14-13-15-17-18/h13-17H,11-12H2,1-10H3. The zero-order valence-corrected chi connectivity index (χ0v) is 22.4. The molecule has 0 aromatic heterocycles. The van der Waals surface area contributed by atoms with Crippen molar-refractivity contribution in [1.29, 1.82) is 0 Å². The van der Waals surface area contributed by atoms with E-state index in [9.17, 15) is 0 Å². The summed E-state index contributed by atoms with van der Waals surface area (Å²) < 4.78 is 0.451. The first kappa shape index (κ1) is 22.4. The SMILES string of the molecule is CC[Si](Cl)(CC)C([Si](C)(C)C)([Si](C)(C)C)[Si](C)(C)c1ccccc1. The summed E-state index contributed by atoms with van der Waals surface area (Å²) in [5.74, 6) is 0. The zero-order chi connectivity index (χ0) is 19.0. The summed E-state index contributed by atoms with van der Waals surface area (Å²) in [7, 11) is -6.69. The average Bonchev–Trinajstić information content (AvgIpc) is 2.45. The van der Waals surface area contributed by atoms with Crippen LogP contribution in [0.15, 0.2) is 30.3 Å². The van der Waals surface area contributed by atoms with E-state index in [0.717, 1.165) is 0 Å². The normalized spacial score (nSPS) is 14.8. The summed E-state index contributed by atoms with van der Waals surface area (Å²) in [6, 6.07) is 13.9. The van der Waals surface area contributed by atoms with Gasteiger partial charge >= 0.3 is 0 Å². The van der Waals surface area contributed by atoms with Gasteiger partial charge in [0.1, 0.15) is 0 Å². The first-order valence-electron chi connectivity index (χ1n) is 9.47. The Hall–Kier alpha value is 0.378. The number of benzene rings is 1. The van der Waals surface area contributed by atoms with Crippen LogP contribution in [-0.4, -0.2) is 31.6 Å². The second-order valence-electron chi connectivity index (χ2n) is 9.91. The Morgan fingerprint density at radius 1 is 0.750 bits per heavy atom. The number of hydrogen-bond donors (Lipinski definition) is 0. The Bertz CT molecular complexity index is 523. The molecule has 0 aliphatic carbocycles. The Balaban J connectivity index is 3.98. The van der Waals surface area contributed by atoms with Gasteiger partial charge in [0, 0.05) is 16.1 Å². The highest BCUT2D eigenvalue weighted by atomic mass is 35.6. The summed E-state index contributed by atoms with van der Waals surface area (Å²) >= 11 is 7.78. The number of hydrogen-bond acceptors (Lipinski definition) is 0. The van der Waals surface area contributed by atoms with Gasteiger partial charge in [0.05, 0.1) is 8.07 Å². The predicted octanol–water partition coefficient (Wildman–Crippen LogP) is 6.86. The molecule has 0 heterocycles. The molecular weight excluding hydrogens is 376 g/mol. The molecule has 138 valence electrons. The van der Waals surface area contributed by atoms with Crippen molar-refractivity contribution in [3.63, 3.8) is 0 Å². The van der Waals surface area contributed by atoms with E-state index in [1.54, 1.807) is 5.19 Å². The molecule has 0 spiro atoms. The molecule has 1 rings (SSSR count). The lowest BCUT2D eigenvalue weighted by molar-refractivity contribution is 1.13. The number of rotatable bonds is 7. The Labute approximate surface area is 160 Å². The van der Waals surface area contributed by atoms with Gasteiger partial charge in [0.25, 0.3) is 0 Å². The van der Waals surface area contributed by atoms with Crippen molar-refractivity contribution in [1.82, 2.24) is 0 Å². The fourth-order valence-electron chi connectivity index (χ4n) is 6.76. The molecule has 0 atom stereocenters. The molecule has 1 aromatic carbocycles. The van der Waals surface area contributed by atoms with Crippen LogP contribution in [0, 0.1) is 0 Å². The molecule has 0 bridgehead atoms. The third-order valence-electron chi connectivity index (χ3n) is 6.48. The third-order valence-corrected chi connectivity index (χ3v) is 45.5. The smallest absolute Gasteiger partial charge is 0.154 e. The maximum atomic E-state index is 7.78. The van der Waals surface area contributed by atoms with Crippen LogP contribution < -0.4 is 5.19 Å². The lowest BCUT2D eigenvalue weighted by Crippen LogP contribution is -2.79. The molecule has 24 heavy (non-hydrogen) atoms. The molecule has 0 unspecified atom stereocenters. The van der Waals surface area contributed by atoms with Gasteiger partial charge in [0.2, 0.25) is 0 Å². The van der Waals surface area contributed by atoms with Gasteiger partial charge in [-0.25, -0.2) is 0 Å². The van der Waals surface area contributed by atoms with Crippen LogP contribution in [-0.2, 0) is 0 Å². The lowest BCUT2D eigenvalue weighted by Gasteiger charge is -2.66. The maximum absolute atomic E-state index is 7.78. The lowest BCUT2D eigenvalue weighted by atomic mass is 10.4. The van der Waals surface area contributed by atoms with Gasteiger partial charge in [-0.05, 0) is 16.0 Å². The van der Waals surface area contributed by atoms with Crippen LogP contribution in [0.4, 0.5) is 0 Å². The maximum Gasteiger partial charge on any atom is 0.154 e. The largest absolute Gasteiger partial charge is 0.167 e. The molecule has 0 saturated carbocycles. The minimum absolute atomic E-state index is 0.451. The second kappa shape index (κ2) is 7.18. The van der Waals surface area contributed by atoms with Crippen molar-refractivity contribution in [2.75, 3.05) is 0 Å². The van der Waals surface area contributed by atoms with Crippen LogP contribution >= 0.6 is 11.1 Å². The molecule has 0 aliphatic rings. The van der Waals surface area contributed by atoms with Gasteiger partial charge < -0.3 is 0 Å². The van der Waals surface area contributed by atoms with E-state index < -0.39 is 31.6 Å². The summed E-state index contributed by atoms with van der Waals surface area (Å²) in [5.41, 5.74) is 0. The summed E-state index contributed by atoms with van der Waals surface area (Å²) in [6.07, 6.45) is 0. The van der Waals surface area contributed by atoms with Crippen LogP contribution in [0.1, 0.15) is 13.8 Å². The van der Waals surface area contributed by atoms with Crippen LogP contribution in [0.5, 0.6) is 0 Å². The Morgan fingerprint density at radius 2 is 1.12 bits per heavy atom. The first-order chi connectivity index (χ1) is 10.7. The van der Waals surface area contributed by atoms with E-state index in [4.69, 9.17) is 11.1 Å². The zero-order valence-electron chi connectivity index (χ0n) is 17.7. The van der Waals surface area contributed by atoms with Crippen molar-refractivity contribution < 1.29 is 0 Å². The van der Waals surface area contributed by atoms with Gasteiger partial charge in [0.15, 0.2) is 7.38 Å². The van der Waals surface area contributed by atoms with E-state index in [0.29, 0.717) is 3.91 Å². The fraction of sp³-hybridized carbons (Fsp3) is 0.684. The topological polar surface area (TPSA) is 0 Å². The van der Waals surface area contributed by atoms with E-state index in [1.165, 1.54) is 12.1 Å². The molecule has 0 nitrogen and oxygen atoms in total. The van der Waals surface area contributed by atoms with Gasteiger partial charge in [-0.1, -0.05) is 102 Å². The van der Waals surface area contributed by atoms with Gasteiger partial charge in [-0.15, -0.1) is 0 Å². The van der Waals surface area contributed by atoms with Crippen LogP contribution in [0.2, 0.25) is 68.4 Å². The monoisotopic (exact) mass is 414 g/mol.